The molecule has 1 fully saturated rings. The molecule has 0 bridgehead atoms. The first-order valence-electron chi connectivity index (χ1n) is 10.3. The summed E-state index contributed by atoms with van der Waals surface area (Å²) in [6.07, 6.45) is 1.74. The summed E-state index contributed by atoms with van der Waals surface area (Å²) in [6.45, 7) is 0.403. The highest BCUT2D eigenvalue weighted by atomic mass is 19.4. The van der Waals surface area contributed by atoms with Crippen LogP contribution in [-0.4, -0.2) is 25.5 Å². The summed E-state index contributed by atoms with van der Waals surface area (Å²) in [6, 6.07) is 13.1. The largest absolute Gasteiger partial charge is 0.573 e. The molecule has 0 spiro atoms. The SMILES string of the molecule is O=c1n(CCc2cc(C3CC3)ccn2)nc2ccc(-c3ccc(OC(F)(F)F)cc3)cn12. The molecule has 5 rings (SSSR count). The van der Waals surface area contributed by atoms with Crippen molar-refractivity contribution in [3.05, 3.63) is 82.7 Å². The van der Waals surface area contributed by atoms with Gasteiger partial charge in [0, 0.05) is 24.5 Å². The van der Waals surface area contributed by atoms with Crippen molar-refractivity contribution in [3.63, 3.8) is 0 Å². The van der Waals surface area contributed by atoms with Crippen molar-refractivity contribution in [2.45, 2.75) is 38.1 Å². The van der Waals surface area contributed by atoms with Crippen molar-refractivity contribution in [1.29, 1.82) is 0 Å². The first kappa shape index (κ1) is 20.3. The third kappa shape index (κ3) is 4.37. The summed E-state index contributed by atoms with van der Waals surface area (Å²) in [5.74, 6) is 0.342. The summed E-state index contributed by atoms with van der Waals surface area (Å²) >= 11 is 0. The zero-order valence-electron chi connectivity index (χ0n) is 16.9. The van der Waals surface area contributed by atoms with Crippen molar-refractivity contribution in [1.82, 2.24) is 19.2 Å². The van der Waals surface area contributed by atoms with Gasteiger partial charge in [-0.3, -0.25) is 4.98 Å². The summed E-state index contributed by atoms with van der Waals surface area (Å²) in [5.41, 5.74) is 3.78. The van der Waals surface area contributed by atoms with Crippen molar-refractivity contribution < 1.29 is 17.9 Å². The first-order chi connectivity index (χ1) is 15.4. The Balaban J connectivity index is 1.35. The van der Waals surface area contributed by atoms with Gasteiger partial charge in [-0.1, -0.05) is 12.1 Å². The van der Waals surface area contributed by atoms with Crippen LogP contribution in [0.3, 0.4) is 0 Å². The smallest absolute Gasteiger partial charge is 0.406 e. The minimum atomic E-state index is -4.74. The van der Waals surface area contributed by atoms with Crippen molar-refractivity contribution in [2.24, 2.45) is 0 Å². The molecule has 6 nitrogen and oxygen atoms in total. The molecular formula is C23H19F3N4O2. The Kier molecular flexibility index (Phi) is 4.96. The summed E-state index contributed by atoms with van der Waals surface area (Å²) < 4.78 is 43.8. The fraction of sp³-hybridized carbons (Fsp3) is 0.261. The van der Waals surface area contributed by atoms with Gasteiger partial charge in [0.1, 0.15) is 5.75 Å². The van der Waals surface area contributed by atoms with Crippen LogP contribution >= 0.6 is 0 Å². The van der Waals surface area contributed by atoms with Gasteiger partial charge in [0.15, 0.2) is 5.65 Å². The van der Waals surface area contributed by atoms with E-state index < -0.39 is 6.36 Å². The molecule has 3 aromatic heterocycles. The monoisotopic (exact) mass is 440 g/mol. The molecule has 1 aromatic carbocycles. The second-order valence-corrected chi connectivity index (χ2v) is 7.83. The molecule has 9 heteroatoms. The van der Waals surface area contributed by atoms with Crippen LogP contribution in [-0.2, 0) is 13.0 Å². The zero-order chi connectivity index (χ0) is 22.3. The maximum absolute atomic E-state index is 12.8. The van der Waals surface area contributed by atoms with E-state index in [9.17, 15) is 18.0 Å². The lowest BCUT2D eigenvalue weighted by atomic mass is 10.1. The van der Waals surface area contributed by atoms with E-state index in [0.717, 1.165) is 5.69 Å². The highest BCUT2D eigenvalue weighted by Gasteiger charge is 2.31. The normalized spacial score (nSPS) is 14.1. The number of nitrogens with zero attached hydrogens (tertiary/aromatic N) is 4. The van der Waals surface area contributed by atoms with Gasteiger partial charge in [0.05, 0.1) is 6.54 Å². The van der Waals surface area contributed by atoms with Crippen LogP contribution in [0.2, 0.25) is 0 Å². The van der Waals surface area contributed by atoms with Gasteiger partial charge in [0.25, 0.3) is 0 Å². The number of hydrogen-bond acceptors (Lipinski definition) is 4. The lowest BCUT2D eigenvalue weighted by Crippen LogP contribution is -2.22. The van der Waals surface area contributed by atoms with Crippen LogP contribution < -0.4 is 10.4 Å². The van der Waals surface area contributed by atoms with E-state index in [1.54, 1.807) is 18.3 Å². The molecule has 0 N–H and O–H groups in total. The van der Waals surface area contributed by atoms with E-state index in [1.165, 1.54) is 51.8 Å². The number of alkyl halides is 3. The van der Waals surface area contributed by atoms with Gasteiger partial charge in [-0.05, 0) is 71.8 Å². The topological polar surface area (TPSA) is 61.4 Å². The number of halogens is 3. The predicted molar refractivity (Wildman–Crippen MR) is 111 cm³/mol. The Morgan fingerprint density at radius 3 is 2.50 bits per heavy atom. The first-order valence-corrected chi connectivity index (χ1v) is 10.3. The van der Waals surface area contributed by atoms with Gasteiger partial charge < -0.3 is 4.74 Å². The molecule has 1 saturated carbocycles. The third-order valence-electron chi connectivity index (χ3n) is 5.47. The Bertz CT molecular complexity index is 1320. The van der Waals surface area contributed by atoms with Crippen LogP contribution in [0.5, 0.6) is 5.75 Å². The standard InChI is InChI=1S/C23H19F3N4O2/c24-23(25,26)32-20-6-3-16(4-7-20)18-5-8-21-28-30(22(31)29(21)14-18)12-10-19-13-17(9-11-27-19)15-1-2-15/h3-9,11,13-15H,1-2,10,12H2. The average Bonchev–Trinajstić information content (AvgIpc) is 3.57. The van der Waals surface area contributed by atoms with Crippen LogP contribution in [0.15, 0.2) is 65.7 Å². The Morgan fingerprint density at radius 1 is 1.03 bits per heavy atom. The molecule has 164 valence electrons. The van der Waals surface area contributed by atoms with Gasteiger partial charge in [0.2, 0.25) is 0 Å². The highest BCUT2D eigenvalue weighted by molar-refractivity contribution is 5.65. The number of pyridine rings is 2. The van der Waals surface area contributed by atoms with Crippen molar-refractivity contribution in [3.8, 4) is 16.9 Å². The molecular weight excluding hydrogens is 421 g/mol. The molecule has 0 radical (unpaired) electrons. The fourth-order valence-corrected chi connectivity index (χ4v) is 3.71. The fourth-order valence-electron chi connectivity index (χ4n) is 3.71. The van der Waals surface area contributed by atoms with E-state index in [2.05, 4.69) is 20.9 Å². The summed E-state index contributed by atoms with van der Waals surface area (Å²) in [5, 5.41) is 4.38. The van der Waals surface area contributed by atoms with E-state index in [4.69, 9.17) is 0 Å². The number of rotatable bonds is 6. The molecule has 1 aliphatic carbocycles. The maximum Gasteiger partial charge on any atom is 0.573 e. The molecule has 3 heterocycles. The van der Waals surface area contributed by atoms with Crippen molar-refractivity contribution in [2.75, 3.05) is 0 Å². The molecule has 0 amide bonds. The van der Waals surface area contributed by atoms with Gasteiger partial charge >= 0.3 is 12.1 Å². The van der Waals surface area contributed by atoms with Gasteiger partial charge in [-0.25, -0.2) is 13.9 Å². The van der Waals surface area contributed by atoms with Gasteiger partial charge in [-0.15, -0.1) is 18.3 Å². The molecule has 1 aliphatic rings. The summed E-state index contributed by atoms with van der Waals surface area (Å²) in [7, 11) is 0. The maximum atomic E-state index is 12.8. The number of hydrogen-bond donors (Lipinski definition) is 0. The third-order valence-corrected chi connectivity index (χ3v) is 5.47. The van der Waals surface area contributed by atoms with E-state index in [-0.39, 0.29) is 11.4 Å². The highest BCUT2D eigenvalue weighted by Crippen LogP contribution is 2.39. The summed E-state index contributed by atoms with van der Waals surface area (Å²) in [4.78, 5) is 17.2. The van der Waals surface area contributed by atoms with E-state index in [0.29, 0.717) is 35.7 Å². The van der Waals surface area contributed by atoms with Crippen LogP contribution in [0.1, 0.15) is 30.0 Å². The van der Waals surface area contributed by atoms with Gasteiger partial charge in [-0.2, -0.15) is 0 Å². The van der Waals surface area contributed by atoms with Crippen LogP contribution in [0.4, 0.5) is 13.2 Å². The van der Waals surface area contributed by atoms with Crippen molar-refractivity contribution >= 4 is 5.65 Å². The predicted octanol–water partition coefficient (Wildman–Crippen LogP) is 4.58. The lowest BCUT2D eigenvalue weighted by molar-refractivity contribution is -0.274. The molecule has 0 saturated heterocycles. The Hall–Kier alpha value is -3.62. The molecule has 32 heavy (non-hydrogen) atoms. The quantitative estimate of drug-likeness (QED) is 0.441. The van der Waals surface area contributed by atoms with Crippen LogP contribution in [0, 0.1) is 0 Å². The number of ether oxygens (including phenoxy) is 1. The van der Waals surface area contributed by atoms with Crippen LogP contribution in [0.25, 0.3) is 16.8 Å². The average molecular weight is 440 g/mol. The zero-order valence-corrected chi connectivity index (χ0v) is 16.9. The molecule has 0 aliphatic heterocycles. The number of benzene rings is 1. The molecule has 4 aromatic rings. The number of aryl methyl sites for hydroxylation is 2. The molecule has 0 atom stereocenters. The second-order valence-electron chi connectivity index (χ2n) is 7.83. The van der Waals surface area contributed by atoms with E-state index >= 15 is 0 Å². The Labute approximate surface area is 180 Å². The lowest BCUT2D eigenvalue weighted by Gasteiger charge is -2.09. The molecule has 0 unspecified atom stereocenters. The van der Waals surface area contributed by atoms with E-state index in [1.807, 2.05) is 12.3 Å². The second kappa shape index (κ2) is 7.81. The minimum absolute atomic E-state index is 0.280. The number of fused-ring (bicyclic) bond motifs is 1. The minimum Gasteiger partial charge on any atom is -0.406 e. The number of aromatic nitrogens is 4. The Morgan fingerprint density at radius 2 is 1.78 bits per heavy atom.